The number of amides is 1. The number of carbonyl (C=O) groups excluding carboxylic acids is 1. The third-order valence-electron chi connectivity index (χ3n) is 3.65. The van der Waals surface area contributed by atoms with Crippen LogP contribution < -0.4 is 5.73 Å². The van der Waals surface area contributed by atoms with E-state index in [4.69, 9.17) is 22.5 Å². The van der Waals surface area contributed by atoms with Gasteiger partial charge < -0.3 is 15.8 Å². The standard InChI is InChI=1S/C14H17ClFN3O2/c15-9-5-6-12(16)11(7-9)14(20)19(8-13(17)18-21)10-3-1-2-4-10/h5-7,10,21H,1-4,8H2,(H2,17,18). The highest BCUT2D eigenvalue weighted by molar-refractivity contribution is 6.31. The SMILES string of the molecule is NC(CN(C(=O)c1cc(Cl)ccc1F)C1CCCC1)=NO. The molecule has 0 spiro atoms. The summed E-state index contributed by atoms with van der Waals surface area (Å²) in [6.07, 6.45) is 3.66. The van der Waals surface area contributed by atoms with Crippen molar-refractivity contribution in [3.8, 4) is 0 Å². The number of rotatable bonds is 4. The van der Waals surface area contributed by atoms with Crippen LogP contribution in [0.1, 0.15) is 36.0 Å². The molecule has 0 atom stereocenters. The average molecular weight is 314 g/mol. The van der Waals surface area contributed by atoms with Crippen molar-refractivity contribution in [1.82, 2.24) is 4.90 Å². The molecule has 0 aromatic heterocycles. The van der Waals surface area contributed by atoms with E-state index in [0.717, 1.165) is 31.7 Å². The van der Waals surface area contributed by atoms with Gasteiger partial charge in [-0.05, 0) is 31.0 Å². The highest BCUT2D eigenvalue weighted by atomic mass is 35.5. The zero-order chi connectivity index (χ0) is 15.4. The van der Waals surface area contributed by atoms with Gasteiger partial charge in [0.2, 0.25) is 0 Å². The van der Waals surface area contributed by atoms with Crippen LogP contribution in [0.2, 0.25) is 5.02 Å². The van der Waals surface area contributed by atoms with Crippen LogP contribution in [-0.2, 0) is 0 Å². The van der Waals surface area contributed by atoms with E-state index in [9.17, 15) is 9.18 Å². The summed E-state index contributed by atoms with van der Waals surface area (Å²) in [5.41, 5.74) is 5.41. The van der Waals surface area contributed by atoms with Gasteiger partial charge in [-0.1, -0.05) is 29.6 Å². The summed E-state index contributed by atoms with van der Waals surface area (Å²) >= 11 is 5.83. The minimum Gasteiger partial charge on any atom is -0.409 e. The number of halogens is 2. The van der Waals surface area contributed by atoms with E-state index in [1.807, 2.05) is 0 Å². The Bertz CT molecular complexity index is 559. The van der Waals surface area contributed by atoms with E-state index < -0.39 is 11.7 Å². The van der Waals surface area contributed by atoms with Crippen molar-refractivity contribution in [2.24, 2.45) is 10.9 Å². The first-order valence-electron chi connectivity index (χ1n) is 6.75. The first-order chi connectivity index (χ1) is 10.0. The van der Waals surface area contributed by atoms with Crippen molar-refractivity contribution < 1.29 is 14.4 Å². The van der Waals surface area contributed by atoms with Crippen LogP contribution in [0.25, 0.3) is 0 Å². The third-order valence-corrected chi connectivity index (χ3v) is 3.88. The number of carbonyl (C=O) groups is 1. The fourth-order valence-corrected chi connectivity index (χ4v) is 2.78. The molecule has 1 fully saturated rings. The maximum absolute atomic E-state index is 13.9. The number of hydrogen-bond acceptors (Lipinski definition) is 3. The monoisotopic (exact) mass is 313 g/mol. The first kappa shape index (κ1) is 15.6. The molecule has 21 heavy (non-hydrogen) atoms. The lowest BCUT2D eigenvalue weighted by Crippen LogP contribution is -2.44. The van der Waals surface area contributed by atoms with Crippen LogP contribution >= 0.6 is 11.6 Å². The van der Waals surface area contributed by atoms with Gasteiger partial charge in [-0.15, -0.1) is 0 Å². The zero-order valence-electron chi connectivity index (χ0n) is 11.4. The molecule has 0 bridgehead atoms. The molecule has 1 saturated carbocycles. The molecule has 3 N–H and O–H groups in total. The number of nitrogens with two attached hydrogens (primary N) is 1. The van der Waals surface area contributed by atoms with E-state index in [2.05, 4.69) is 5.16 Å². The molecular weight excluding hydrogens is 297 g/mol. The van der Waals surface area contributed by atoms with Gasteiger partial charge in [0.05, 0.1) is 12.1 Å². The predicted molar refractivity (Wildman–Crippen MR) is 78.1 cm³/mol. The lowest BCUT2D eigenvalue weighted by molar-refractivity contribution is 0.0707. The lowest BCUT2D eigenvalue weighted by Gasteiger charge is -2.28. The van der Waals surface area contributed by atoms with E-state index in [-0.39, 0.29) is 29.0 Å². The summed E-state index contributed by atoms with van der Waals surface area (Å²) in [4.78, 5) is 14.0. The molecule has 0 aliphatic heterocycles. The van der Waals surface area contributed by atoms with E-state index in [1.165, 1.54) is 17.0 Å². The Labute approximate surface area is 127 Å². The van der Waals surface area contributed by atoms with E-state index >= 15 is 0 Å². The Morgan fingerprint density at radius 1 is 1.48 bits per heavy atom. The average Bonchev–Trinajstić information content (AvgIpc) is 3.00. The van der Waals surface area contributed by atoms with Crippen LogP contribution in [0.4, 0.5) is 4.39 Å². The van der Waals surface area contributed by atoms with Gasteiger partial charge in [0.25, 0.3) is 5.91 Å². The molecule has 114 valence electrons. The third kappa shape index (κ3) is 3.64. The number of oxime groups is 1. The smallest absolute Gasteiger partial charge is 0.257 e. The molecule has 2 rings (SSSR count). The minimum absolute atomic E-state index is 0.0313. The van der Waals surface area contributed by atoms with E-state index in [1.54, 1.807) is 0 Å². The summed E-state index contributed by atoms with van der Waals surface area (Å²) in [6.45, 7) is -0.0358. The van der Waals surface area contributed by atoms with Crippen molar-refractivity contribution in [2.75, 3.05) is 6.54 Å². The van der Waals surface area contributed by atoms with E-state index in [0.29, 0.717) is 0 Å². The number of hydrogen-bond donors (Lipinski definition) is 2. The Morgan fingerprint density at radius 3 is 2.76 bits per heavy atom. The summed E-state index contributed by atoms with van der Waals surface area (Å²) < 4.78 is 13.9. The predicted octanol–water partition coefficient (Wildman–Crippen LogP) is 2.61. The number of benzene rings is 1. The fraction of sp³-hybridized carbons (Fsp3) is 0.429. The maximum atomic E-state index is 13.9. The molecule has 5 nitrogen and oxygen atoms in total. The van der Waals surface area contributed by atoms with Gasteiger partial charge in [0.1, 0.15) is 5.82 Å². The van der Waals surface area contributed by atoms with Crippen LogP contribution in [0.3, 0.4) is 0 Å². The van der Waals surface area contributed by atoms with Crippen molar-refractivity contribution in [2.45, 2.75) is 31.7 Å². The van der Waals surface area contributed by atoms with Crippen molar-refractivity contribution in [3.05, 3.63) is 34.6 Å². The van der Waals surface area contributed by atoms with Gasteiger partial charge in [-0.3, -0.25) is 4.79 Å². The summed E-state index contributed by atoms with van der Waals surface area (Å²) in [5.74, 6) is -1.21. The normalized spacial score (nSPS) is 16.2. The second kappa shape index (κ2) is 6.76. The largest absolute Gasteiger partial charge is 0.409 e. The lowest BCUT2D eigenvalue weighted by atomic mass is 10.1. The molecule has 1 aromatic carbocycles. The molecular formula is C14H17ClFN3O2. The Kier molecular flexibility index (Phi) is 5.01. The Morgan fingerprint density at radius 2 is 2.14 bits per heavy atom. The molecule has 0 heterocycles. The molecule has 0 radical (unpaired) electrons. The van der Waals surface area contributed by atoms with Gasteiger partial charge in [0.15, 0.2) is 5.84 Å². The Balaban J connectivity index is 2.30. The number of nitrogens with zero attached hydrogens (tertiary/aromatic N) is 2. The van der Waals surface area contributed by atoms with Crippen molar-refractivity contribution in [1.29, 1.82) is 0 Å². The van der Waals surface area contributed by atoms with Crippen molar-refractivity contribution >= 4 is 23.3 Å². The van der Waals surface area contributed by atoms with Crippen LogP contribution in [0, 0.1) is 5.82 Å². The van der Waals surface area contributed by atoms with Gasteiger partial charge in [0, 0.05) is 11.1 Å². The number of amidine groups is 1. The topological polar surface area (TPSA) is 78.9 Å². The molecule has 1 aromatic rings. The van der Waals surface area contributed by atoms with Gasteiger partial charge >= 0.3 is 0 Å². The molecule has 1 amide bonds. The highest BCUT2D eigenvalue weighted by Gasteiger charge is 2.29. The summed E-state index contributed by atoms with van der Waals surface area (Å²) in [5, 5.41) is 11.9. The molecule has 1 aliphatic rings. The second-order valence-electron chi connectivity index (χ2n) is 5.09. The maximum Gasteiger partial charge on any atom is 0.257 e. The summed E-state index contributed by atoms with van der Waals surface area (Å²) in [6, 6.07) is 3.81. The second-order valence-corrected chi connectivity index (χ2v) is 5.52. The van der Waals surface area contributed by atoms with Crippen LogP contribution in [0.5, 0.6) is 0 Å². The minimum atomic E-state index is -0.632. The fourth-order valence-electron chi connectivity index (χ4n) is 2.60. The molecule has 7 heteroatoms. The van der Waals surface area contributed by atoms with Gasteiger partial charge in [-0.25, -0.2) is 4.39 Å². The van der Waals surface area contributed by atoms with Crippen LogP contribution in [-0.4, -0.2) is 34.4 Å². The van der Waals surface area contributed by atoms with Crippen LogP contribution in [0.15, 0.2) is 23.4 Å². The molecule has 0 unspecified atom stereocenters. The first-order valence-corrected chi connectivity index (χ1v) is 7.13. The Hall–Kier alpha value is -1.82. The molecule has 1 aliphatic carbocycles. The quantitative estimate of drug-likeness (QED) is 0.388. The van der Waals surface area contributed by atoms with Crippen molar-refractivity contribution in [3.63, 3.8) is 0 Å². The highest BCUT2D eigenvalue weighted by Crippen LogP contribution is 2.26. The summed E-state index contributed by atoms with van der Waals surface area (Å²) in [7, 11) is 0. The zero-order valence-corrected chi connectivity index (χ0v) is 12.2. The van der Waals surface area contributed by atoms with Gasteiger partial charge in [-0.2, -0.15) is 0 Å². The molecule has 0 saturated heterocycles.